The second kappa shape index (κ2) is 9.89. The third-order valence-corrected chi connectivity index (χ3v) is 4.16. The van der Waals surface area contributed by atoms with Gasteiger partial charge >= 0.3 is 23.9 Å². The first-order chi connectivity index (χ1) is 11.1. The summed E-state index contributed by atoms with van der Waals surface area (Å²) in [5, 5.41) is 18.9. The molecule has 0 aromatic carbocycles. The summed E-state index contributed by atoms with van der Waals surface area (Å²) in [4.78, 5) is 46.6. The predicted molar refractivity (Wildman–Crippen MR) is 83.1 cm³/mol. The van der Waals surface area contributed by atoms with Gasteiger partial charge in [0.15, 0.2) is 0 Å². The van der Waals surface area contributed by atoms with Crippen LogP contribution in [0.2, 0.25) is 0 Å². The van der Waals surface area contributed by atoms with Crippen molar-refractivity contribution in [1.82, 2.24) is 0 Å². The molecule has 2 unspecified atom stereocenters. The Bertz CT molecular complexity index is 445. The van der Waals surface area contributed by atoms with Gasteiger partial charge in [-0.25, -0.2) is 0 Å². The lowest BCUT2D eigenvalue weighted by atomic mass is 9.63. The van der Waals surface area contributed by atoms with Gasteiger partial charge in [-0.15, -0.1) is 0 Å². The van der Waals surface area contributed by atoms with E-state index in [0.717, 1.165) is 0 Å². The molecule has 0 rings (SSSR count). The topological polar surface area (TPSA) is 127 Å². The van der Waals surface area contributed by atoms with Crippen molar-refractivity contribution < 1.29 is 38.9 Å². The van der Waals surface area contributed by atoms with Gasteiger partial charge in [-0.05, 0) is 25.7 Å². The lowest BCUT2D eigenvalue weighted by Crippen LogP contribution is -2.46. The SMILES string of the molecule is CCOC(=O)CC(C)C(CC(=O)O)(C(=O)O)C(C)CC(=O)OCC. The second-order valence-electron chi connectivity index (χ2n) is 5.74. The summed E-state index contributed by atoms with van der Waals surface area (Å²) in [7, 11) is 0. The van der Waals surface area contributed by atoms with Crippen LogP contribution in [0.25, 0.3) is 0 Å². The lowest BCUT2D eigenvalue weighted by Gasteiger charge is -2.38. The van der Waals surface area contributed by atoms with E-state index in [1.54, 1.807) is 13.8 Å². The van der Waals surface area contributed by atoms with Crippen LogP contribution in [0.4, 0.5) is 0 Å². The van der Waals surface area contributed by atoms with Crippen molar-refractivity contribution in [3.8, 4) is 0 Å². The second-order valence-corrected chi connectivity index (χ2v) is 5.74. The summed E-state index contributed by atoms with van der Waals surface area (Å²) >= 11 is 0. The molecule has 0 aliphatic heterocycles. The van der Waals surface area contributed by atoms with Gasteiger partial charge in [0.25, 0.3) is 0 Å². The van der Waals surface area contributed by atoms with Gasteiger partial charge in [-0.3, -0.25) is 19.2 Å². The van der Waals surface area contributed by atoms with Crippen LogP contribution >= 0.6 is 0 Å². The molecule has 2 N–H and O–H groups in total. The van der Waals surface area contributed by atoms with E-state index >= 15 is 0 Å². The minimum absolute atomic E-state index is 0.142. The number of hydrogen-bond acceptors (Lipinski definition) is 6. The first-order valence-corrected chi connectivity index (χ1v) is 7.88. The molecule has 24 heavy (non-hydrogen) atoms. The molecule has 0 fully saturated rings. The fraction of sp³-hybridized carbons (Fsp3) is 0.750. The van der Waals surface area contributed by atoms with Gasteiger partial charge in [0, 0.05) is 12.8 Å². The van der Waals surface area contributed by atoms with Crippen molar-refractivity contribution in [2.45, 2.75) is 47.0 Å². The Morgan fingerprint density at radius 1 is 0.875 bits per heavy atom. The van der Waals surface area contributed by atoms with Crippen LogP contribution < -0.4 is 0 Å². The lowest BCUT2D eigenvalue weighted by molar-refractivity contribution is -0.168. The van der Waals surface area contributed by atoms with Crippen LogP contribution in [0.3, 0.4) is 0 Å². The fourth-order valence-electron chi connectivity index (χ4n) is 2.89. The van der Waals surface area contributed by atoms with E-state index in [0.29, 0.717) is 0 Å². The van der Waals surface area contributed by atoms with Gasteiger partial charge in [0.2, 0.25) is 0 Å². The van der Waals surface area contributed by atoms with E-state index in [1.807, 2.05) is 0 Å². The highest BCUT2D eigenvalue weighted by atomic mass is 16.5. The number of carbonyl (C=O) groups is 4. The minimum Gasteiger partial charge on any atom is -0.481 e. The zero-order chi connectivity index (χ0) is 18.9. The van der Waals surface area contributed by atoms with Gasteiger partial charge in [0.1, 0.15) is 0 Å². The summed E-state index contributed by atoms with van der Waals surface area (Å²) in [5.74, 6) is -5.57. The van der Waals surface area contributed by atoms with Crippen LogP contribution in [0.5, 0.6) is 0 Å². The molecule has 0 radical (unpaired) electrons. The Morgan fingerprint density at radius 3 is 1.50 bits per heavy atom. The first-order valence-electron chi connectivity index (χ1n) is 7.88. The Hall–Kier alpha value is -2.12. The molecule has 0 saturated heterocycles. The fourth-order valence-corrected chi connectivity index (χ4v) is 2.89. The molecule has 0 spiro atoms. The molecule has 0 heterocycles. The van der Waals surface area contributed by atoms with Crippen molar-refractivity contribution in [2.24, 2.45) is 17.3 Å². The van der Waals surface area contributed by atoms with Crippen molar-refractivity contribution >= 4 is 23.9 Å². The molecule has 8 heteroatoms. The maximum Gasteiger partial charge on any atom is 0.310 e. The average Bonchev–Trinajstić information content (AvgIpc) is 2.43. The monoisotopic (exact) mass is 346 g/mol. The summed E-state index contributed by atoms with van der Waals surface area (Å²) < 4.78 is 9.64. The Balaban J connectivity index is 5.61. The highest BCUT2D eigenvalue weighted by Gasteiger charge is 2.51. The van der Waals surface area contributed by atoms with Crippen molar-refractivity contribution in [2.75, 3.05) is 13.2 Å². The number of ether oxygens (including phenoxy) is 2. The predicted octanol–water partition coefficient (Wildman–Crippen LogP) is 1.71. The van der Waals surface area contributed by atoms with Crippen molar-refractivity contribution in [3.05, 3.63) is 0 Å². The molecule has 0 saturated carbocycles. The maximum atomic E-state index is 12.0. The summed E-state index contributed by atoms with van der Waals surface area (Å²) in [5.41, 5.74) is -1.79. The van der Waals surface area contributed by atoms with Gasteiger partial charge in [0.05, 0.1) is 25.0 Å². The molecule has 0 bridgehead atoms. The number of rotatable bonds is 11. The maximum absolute atomic E-state index is 12.0. The molecule has 8 nitrogen and oxygen atoms in total. The van der Waals surface area contributed by atoms with Crippen LogP contribution in [0.1, 0.15) is 47.0 Å². The molecular weight excluding hydrogens is 320 g/mol. The molecule has 0 aliphatic carbocycles. The van der Waals surface area contributed by atoms with Gasteiger partial charge in [-0.1, -0.05) is 13.8 Å². The molecule has 0 aromatic heterocycles. The number of esters is 2. The first kappa shape index (κ1) is 21.9. The molecule has 0 amide bonds. The molecule has 0 aromatic rings. The van der Waals surface area contributed by atoms with Gasteiger partial charge < -0.3 is 19.7 Å². The average molecular weight is 346 g/mol. The number of carboxylic acids is 2. The smallest absolute Gasteiger partial charge is 0.310 e. The third-order valence-electron chi connectivity index (χ3n) is 4.16. The number of carboxylic acid groups (broad SMARTS) is 2. The highest BCUT2D eigenvalue weighted by molar-refractivity contribution is 5.84. The summed E-state index contributed by atoms with van der Waals surface area (Å²) in [6.07, 6.45) is -1.20. The van der Waals surface area contributed by atoms with E-state index in [1.165, 1.54) is 13.8 Å². The minimum atomic E-state index is -1.79. The van der Waals surface area contributed by atoms with Crippen molar-refractivity contribution in [3.63, 3.8) is 0 Å². The molecular formula is C16H26O8. The van der Waals surface area contributed by atoms with E-state index in [-0.39, 0.29) is 26.1 Å². The highest BCUT2D eigenvalue weighted by Crippen LogP contribution is 2.43. The van der Waals surface area contributed by atoms with Crippen LogP contribution in [-0.2, 0) is 28.7 Å². The number of carbonyl (C=O) groups excluding carboxylic acids is 2. The zero-order valence-corrected chi connectivity index (χ0v) is 14.5. The van der Waals surface area contributed by atoms with Crippen LogP contribution in [-0.4, -0.2) is 47.3 Å². The van der Waals surface area contributed by atoms with Crippen LogP contribution in [0, 0.1) is 17.3 Å². The Kier molecular flexibility index (Phi) is 9.02. The zero-order valence-electron chi connectivity index (χ0n) is 14.5. The Morgan fingerprint density at radius 2 is 1.25 bits per heavy atom. The van der Waals surface area contributed by atoms with E-state index in [9.17, 15) is 29.4 Å². The number of hydrogen-bond donors (Lipinski definition) is 2. The van der Waals surface area contributed by atoms with E-state index in [4.69, 9.17) is 9.47 Å². The van der Waals surface area contributed by atoms with E-state index in [2.05, 4.69) is 0 Å². The van der Waals surface area contributed by atoms with Gasteiger partial charge in [-0.2, -0.15) is 0 Å². The summed E-state index contributed by atoms with van der Waals surface area (Å²) in [6, 6.07) is 0. The standard InChI is InChI=1S/C16H26O8/c1-5-23-13(19)7-10(3)16(15(21)22,9-12(17)18)11(4)8-14(20)24-6-2/h10-11H,5-9H2,1-4H3,(H,17,18)(H,21,22). The number of aliphatic carboxylic acids is 2. The third kappa shape index (κ3) is 5.82. The molecule has 0 aliphatic rings. The summed E-state index contributed by atoms with van der Waals surface area (Å²) in [6.45, 7) is 6.48. The normalized spacial score (nSPS) is 15.7. The van der Waals surface area contributed by atoms with Crippen LogP contribution in [0.15, 0.2) is 0 Å². The Labute approximate surface area is 141 Å². The van der Waals surface area contributed by atoms with E-state index < -0.39 is 47.5 Å². The quantitative estimate of drug-likeness (QED) is 0.541. The van der Waals surface area contributed by atoms with Crippen molar-refractivity contribution in [1.29, 1.82) is 0 Å². The molecule has 2 atom stereocenters. The largest absolute Gasteiger partial charge is 0.481 e. The molecule has 138 valence electrons.